The van der Waals surface area contributed by atoms with E-state index in [-0.39, 0.29) is 0 Å². The molecule has 0 unspecified atom stereocenters. The number of hydrogen-bond acceptors (Lipinski definition) is 0. The van der Waals surface area contributed by atoms with Crippen molar-refractivity contribution in [2.45, 2.75) is 64.7 Å². The molecule has 0 heterocycles. The molecule has 0 aliphatic heterocycles. The number of benzene rings is 1. The van der Waals surface area contributed by atoms with E-state index in [4.69, 9.17) is 0 Å². The average Bonchev–Trinajstić information content (AvgIpc) is 2.54. The highest BCUT2D eigenvalue weighted by atomic mass is 19.2. The van der Waals surface area contributed by atoms with Crippen molar-refractivity contribution in [1.82, 2.24) is 0 Å². The average molecular weight is 304 g/mol. The van der Waals surface area contributed by atoms with Gasteiger partial charge in [0, 0.05) is 11.5 Å². The first-order valence-corrected chi connectivity index (χ1v) is 8.65. The molecule has 0 saturated heterocycles. The van der Waals surface area contributed by atoms with E-state index >= 15 is 0 Å². The maximum Gasteiger partial charge on any atom is 0.160 e. The predicted octanol–water partition coefficient (Wildman–Crippen LogP) is 6.09. The van der Waals surface area contributed by atoms with Crippen molar-refractivity contribution in [3.8, 4) is 11.8 Å². The first-order valence-electron chi connectivity index (χ1n) is 8.65. The van der Waals surface area contributed by atoms with Gasteiger partial charge < -0.3 is 0 Å². The van der Waals surface area contributed by atoms with Crippen LogP contribution in [0.4, 0.5) is 8.78 Å². The number of unbranched alkanes of at least 4 members (excludes halogenated alkanes) is 3. The summed E-state index contributed by atoms with van der Waals surface area (Å²) in [5.74, 6) is 5.90. The monoisotopic (exact) mass is 304 g/mol. The van der Waals surface area contributed by atoms with Gasteiger partial charge in [-0.3, -0.25) is 0 Å². The smallest absolute Gasteiger partial charge is 0.160 e. The SMILES string of the molecule is CCCCCCC1CCC(C#Cc2ccc(F)c(F)c2)CC1. The largest absolute Gasteiger partial charge is 0.204 e. The third-order valence-electron chi connectivity index (χ3n) is 4.65. The van der Waals surface area contributed by atoms with Crippen molar-refractivity contribution in [1.29, 1.82) is 0 Å². The van der Waals surface area contributed by atoms with E-state index in [1.807, 2.05) is 0 Å². The van der Waals surface area contributed by atoms with Crippen molar-refractivity contribution < 1.29 is 8.78 Å². The maximum atomic E-state index is 13.1. The Morgan fingerprint density at radius 1 is 1.00 bits per heavy atom. The van der Waals surface area contributed by atoms with Crippen molar-refractivity contribution >= 4 is 0 Å². The molecule has 1 aromatic carbocycles. The maximum absolute atomic E-state index is 13.1. The van der Waals surface area contributed by atoms with Gasteiger partial charge in [0.25, 0.3) is 0 Å². The van der Waals surface area contributed by atoms with E-state index in [2.05, 4.69) is 18.8 Å². The van der Waals surface area contributed by atoms with Crippen molar-refractivity contribution in [3.05, 3.63) is 35.4 Å². The molecule has 1 saturated carbocycles. The minimum Gasteiger partial charge on any atom is -0.204 e. The van der Waals surface area contributed by atoms with Crippen LogP contribution in [-0.4, -0.2) is 0 Å². The van der Waals surface area contributed by atoms with Crippen molar-refractivity contribution in [3.63, 3.8) is 0 Å². The summed E-state index contributed by atoms with van der Waals surface area (Å²) in [6.07, 6.45) is 11.6. The Morgan fingerprint density at radius 3 is 2.45 bits per heavy atom. The third-order valence-corrected chi connectivity index (χ3v) is 4.65. The van der Waals surface area contributed by atoms with E-state index in [0.29, 0.717) is 11.5 Å². The van der Waals surface area contributed by atoms with Crippen LogP contribution in [-0.2, 0) is 0 Å². The molecule has 0 bridgehead atoms. The predicted molar refractivity (Wildman–Crippen MR) is 87.4 cm³/mol. The lowest BCUT2D eigenvalue weighted by molar-refractivity contribution is 0.294. The summed E-state index contributed by atoms with van der Waals surface area (Å²) >= 11 is 0. The van der Waals surface area contributed by atoms with Gasteiger partial charge in [-0.15, -0.1) is 0 Å². The second-order valence-electron chi connectivity index (χ2n) is 6.47. The van der Waals surface area contributed by atoms with Crippen LogP contribution in [0.1, 0.15) is 70.3 Å². The summed E-state index contributed by atoms with van der Waals surface area (Å²) in [7, 11) is 0. The molecule has 2 heteroatoms. The summed E-state index contributed by atoms with van der Waals surface area (Å²) < 4.78 is 26.0. The molecule has 1 aromatic rings. The summed E-state index contributed by atoms with van der Waals surface area (Å²) in [6, 6.07) is 3.87. The van der Waals surface area contributed by atoms with Gasteiger partial charge >= 0.3 is 0 Å². The first-order chi connectivity index (χ1) is 10.7. The molecule has 1 aliphatic rings. The Hall–Kier alpha value is -1.36. The molecule has 1 fully saturated rings. The van der Waals surface area contributed by atoms with Gasteiger partial charge in [0.15, 0.2) is 11.6 Å². The fourth-order valence-electron chi connectivity index (χ4n) is 3.21. The molecule has 0 nitrogen and oxygen atoms in total. The summed E-state index contributed by atoms with van der Waals surface area (Å²) in [6.45, 7) is 2.25. The lowest BCUT2D eigenvalue weighted by atomic mass is 9.80. The van der Waals surface area contributed by atoms with Crippen molar-refractivity contribution in [2.24, 2.45) is 11.8 Å². The molecule has 0 N–H and O–H groups in total. The summed E-state index contributed by atoms with van der Waals surface area (Å²) in [5, 5.41) is 0. The molecule has 0 amide bonds. The second kappa shape index (κ2) is 8.93. The minimum absolute atomic E-state index is 0.417. The topological polar surface area (TPSA) is 0 Å². The van der Waals surface area contributed by atoms with Crippen LogP contribution in [0.25, 0.3) is 0 Å². The lowest BCUT2D eigenvalue weighted by Crippen LogP contribution is -2.13. The zero-order chi connectivity index (χ0) is 15.8. The molecular weight excluding hydrogens is 278 g/mol. The fraction of sp³-hybridized carbons (Fsp3) is 0.600. The van der Waals surface area contributed by atoms with E-state index in [9.17, 15) is 8.78 Å². The number of rotatable bonds is 5. The molecule has 2 rings (SSSR count). The second-order valence-corrected chi connectivity index (χ2v) is 6.47. The Morgan fingerprint density at radius 2 is 1.77 bits per heavy atom. The van der Waals surface area contributed by atoms with Crippen molar-refractivity contribution in [2.75, 3.05) is 0 Å². The highest BCUT2D eigenvalue weighted by Gasteiger charge is 2.19. The summed E-state index contributed by atoms with van der Waals surface area (Å²) in [4.78, 5) is 0. The lowest BCUT2D eigenvalue weighted by Gasteiger charge is -2.25. The van der Waals surface area contributed by atoms with E-state index in [0.717, 1.165) is 24.8 Å². The molecule has 22 heavy (non-hydrogen) atoms. The Labute approximate surface area is 133 Å². The normalized spacial score (nSPS) is 21.2. The van der Waals surface area contributed by atoms with Crippen LogP contribution < -0.4 is 0 Å². The minimum atomic E-state index is -0.817. The standard InChI is InChI=1S/C20H26F2/c1-2-3-4-5-6-16-7-9-17(10-8-16)11-12-18-13-14-19(21)20(22)15-18/h13-17H,2-10H2,1H3. The number of halogens is 2. The Kier molecular flexibility index (Phi) is 6.90. The van der Waals surface area contributed by atoms with E-state index in [1.54, 1.807) is 6.07 Å². The van der Waals surface area contributed by atoms with Crippen LogP contribution in [0.3, 0.4) is 0 Å². The molecule has 0 spiro atoms. The molecule has 0 atom stereocenters. The van der Waals surface area contributed by atoms with Gasteiger partial charge in [0.2, 0.25) is 0 Å². The van der Waals surface area contributed by atoms with Gasteiger partial charge in [-0.2, -0.15) is 0 Å². The molecule has 1 aliphatic carbocycles. The van der Waals surface area contributed by atoms with Gasteiger partial charge in [-0.25, -0.2) is 8.78 Å². The van der Waals surface area contributed by atoms with Gasteiger partial charge in [-0.05, 0) is 49.8 Å². The molecule has 0 aromatic heterocycles. The summed E-state index contributed by atoms with van der Waals surface area (Å²) in [5.41, 5.74) is 0.570. The highest BCUT2D eigenvalue weighted by molar-refractivity contribution is 5.35. The van der Waals surface area contributed by atoms with E-state index in [1.165, 1.54) is 51.0 Å². The Bertz CT molecular complexity index is 516. The first kappa shape index (κ1) is 17.0. The Balaban J connectivity index is 1.75. The van der Waals surface area contributed by atoms with Gasteiger partial charge in [0.1, 0.15) is 0 Å². The van der Waals surface area contributed by atoms with Crippen LogP contribution in [0.15, 0.2) is 18.2 Å². The van der Waals surface area contributed by atoms with Crippen LogP contribution in [0, 0.1) is 35.3 Å². The van der Waals surface area contributed by atoms with Gasteiger partial charge in [-0.1, -0.05) is 50.9 Å². The van der Waals surface area contributed by atoms with Gasteiger partial charge in [0.05, 0.1) is 0 Å². The molecular formula is C20H26F2. The zero-order valence-electron chi connectivity index (χ0n) is 13.5. The quantitative estimate of drug-likeness (QED) is 0.456. The third kappa shape index (κ3) is 5.44. The molecule has 120 valence electrons. The highest BCUT2D eigenvalue weighted by Crippen LogP contribution is 2.31. The molecule has 0 radical (unpaired) electrons. The van der Waals surface area contributed by atoms with Crippen LogP contribution >= 0.6 is 0 Å². The van der Waals surface area contributed by atoms with Crippen LogP contribution in [0.5, 0.6) is 0 Å². The van der Waals surface area contributed by atoms with E-state index < -0.39 is 11.6 Å². The van der Waals surface area contributed by atoms with Crippen LogP contribution in [0.2, 0.25) is 0 Å². The zero-order valence-corrected chi connectivity index (χ0v) is 13.5. The number of hydrogen-bond donors (Lipinski definition) is 0. The fourth-order valence-corrected chi connectivity index (χ4v) is 3.21.